The lowest BCUT2D eigenvalue weighted by molar-refractivity contribution is 0.0733. The first-order valence-electron chi connectivity index (χ1n) is 7.34. The molecule has 0 aromatic heterocycles. The van der Waals surface area contributed by atoms with E-state index in [0.717, 1.165) is 31.6 Å². The van der Waals surface area contributed by atoms with Gasteiger partial charge in [-0.25, -0.2) is 0 Å². The van der Waals surface area contributed by atoms with E-state index in [0.29, 0.717) is 24.1 Å². The van der Waals surface area contributed by atoms with Crippen molar-refractivity contribution in [2.45, 2.75) is 32.2 Å². The predicted molar refractivity (Wildman–Crippen MR) is 79.9 cm³/mol. The number of rotatable bonds is 6. The Morgan fingerprint density at radius 2 is 2.20 bits per heavy atom. The number of ether oxygens (including phenoxy) is 1. The first kappa shape index (κ1) is 14.9. The van der Waals surface area contributed by atoms with Crippen molar-refractivity contribution in [3.8, 4) is 5.75 Å². The van der Waals surface area contributed by atoms with Crippen LogP contribution in [0.25, 0.3) is 0 Å². The molecule has 1 aliphatic carbocycles. The van der Waals surface area contributed by atoms with Crippen molar-refractivity contribution in [1.82, 2.24) is 4.90 Å². The van der Waals surface area contributed by atoms with Crippen molar-refractivity contribution in [2.75, 3.05) is 20.2 Å². The highest BCUT2D eigenvalue weighted by Gasteiger charge is 2.28. The van der Waals surface area contributed by atoms with Crippen LogP contribution in [0.4, 0.5) is 0 Å². The summed E-state index contributed by atoms with van der Waals surface area (Å²) in [5.74, 6) is 1.36. The van der Waals surface area contributed by atoms with Gasteiger partial charge in [0, 0.05) is 25.2 Å². The molecule has 1 amide bonds. The van der Waals surface area contributed by atoms with E-state index in [-0.39, 0.29) is 5.91 Å². The Morgan fingerprint density at radius 3 is 2.85 bits per heavy atom. The van der Waals surface area contributed by atoms with E-state index in [4.69, 9.17) is 10.5 Å². The summed E-state index contributed by atoms with van der Waals surface area (Å²) in [5.41, 5.74) is 6.46. The summed E-state index contributed by atoms with van der Waals surface area (Å²) < 4.78 is 5.57. The summed E-state index contributed by atoms with van der Waals surface area (Å²) in [6, 6.07) is 7.74. The van der Waals surface area contributed by atoms with Crippen LogP contribution in [0.3, 0.4) is 0 Å². The lowest BCUT2D eigenvalue weighted by Crippen LogP contribution is -2.43. The minimum atomic E-state index is 0.0485. The van der Waals surface area contributed by atoms with Crippen molar-refractivity contribution >= 4 is 5.91 Å². The molecule has 0 radical (unpaired) electrons. The fourth-order valence-electron chi connectivity index (χ4n) is 2.57. The van der Waals surface area contributed by atoms with Gasteiger partial charge in [0.05, 0.1) is 6.61 Å². The molecular formula is C16H24N2O2. The van der Waals surface area contributed by atoms with Crippen molar-refractivity contribution in [3.63, 3.8) is 0 Å². The smallest absolute Gasteiger partial charge is 0.253 e. The van der Waals surface area contributed by atoms with Crippen molar-refractivity contribution in [3.05, 3.63) is 29.8 Å². The summed E-state index contributed by atoms with van der Waals surface area (Å²) in [6.45, 7) is 3.52. The van der Waals surface area contributed by atoms with Crippen LogP contribution in [0.1, 0.15) is 36.5 Å². The minimum absolute atomic E-state index is 0.0485. The third-order valence-corrected chi connectivity index (χ3v) is 3.70. The molecule has 2 N–H and O–H groups in total. The topological polar surface area (TPSA) is 55.6 Å². The summed E-state index contributed by atoms with van der Waals surface area (Å²) in [5, 5.41) is 0. The second kappa shape index (κ2) is 6.75. The van der Waals surface area contributed by atoms with Gasteiger partial charge in [-0.15, -0.1) is 0 Å². The van der Waals surface area contributed by atoms with E-state index in [9.17, 15) is 4.79 Å². The van der Waals surface area contributed by atoms with Crippen LogP contribution in [0, 0.1) is 5.92 Å². The van der Waals surface area contributed by atoms with Crippen LogP contribution in [-0.2, 0) is 0 Å². The number of nitrogens with zero attached hydrogens (tertiary/aromatic N) is 1. The normalized spacial score (nSPS) is 21.1. The van der Waals surface area contributed by atoms with Crippen LogP contribution >= 0.6 is 0 Å². The lowest BCUT2D eigenvalue weighted by atomic mass is 9.80. The van der Waals surface area contributed by atoms with E-state index in [2.05, 4.69) is 6.92 Å². The molecule has 1 aliphatic rings. The first-order valence-corrected chi connectivity index (χ1v) is 7.34. The zero-order chi connectivity index (χ0) is 14.5. The van der Waals surface area contributed by atoms with Crippen molar-refractivity contribution < 1.29 is 9.53 Å². The second-order valence-electron chi connectivity index (χ2n) is 5.66. The molecule has 2 rings (SSSR count). The largest absolute Gasteiger partial charge is 0.494 e. The molecule has 20 heavy (non-hydrogen) atoms. The maximum atomic E-state index is 12.4. The number of hydrogen-bond donors (Lipinski definition) is 1. The second-order valence-corrected chi connectivity index (χ2v) is 5.66. The van der Waals surface area contributed by atoms with Gasteiger partial charge in [-0.2, -0.15) is 0 Å². The van der Waals surface area contributed by atoms with Gasteiger partial charge in [-0.05, 0) is 43.4 Å². The third-order valence-electron chi connectivity index (χ3n) is 3.70. The Kier molecular flexibility index (Phi) is 5.01. The Hall–Kier alpha value is -1.55. The molecular weight excluding hydrogens is 252 g/mol. The molecule has 0 heterocycles. The van der Waals surface area contributed by atoms with Crippen LogP contribution in [0.15, 0.2) is 24.3 Å². The molecule has 1 saturated carbocycles. The van der Waals surface area contributed by atoms with Gasteiger partial charge in [0.25, 0.3) is 5.91 Å². The average Bonchev–Trinajstić information content (AvgIpc) is 2.42. The molecule has 4 heteroatoms. The molecule has 0 bridgehead atoms. The van der Waals surface area contributed by atoms with Gasteiger partial charge in [0.15, 0.2) is 0 Å². The first-order chi connectivity index (χ1) is 9.60. The predicted octanol–water partition coefficient (Wildman–Crippen LogP) is 2.28. The van der Waals surface area contributed by atoms with Crippen LogP contribution < -0.4 is 10.5 Å². The van der Waals surface area contributed by atoms with E-state index >= 15 is 0 Å². The van der Waals surface area contributed by atoms with Gasteiger partial charge in [0.2, 0.25) is 0 Å². The Balaban J connectivity index is 1.93. The number of benzene rings is 1. The standard InChI is InChI=1S/C16H24N2O2/c1-3-7-20-15-6-4-5-13(10-15)16(19)18(2)11-12-8-14(17)9-12/h4-6,10,12,14H,3,7-9,11,17H2,1-2H3. The SMILES string of the molecule is CCCOc1cccc(C(=O)N(C)CC2CC(N)C2)c1. The molecule has 0 aliphatic heterocycles. The molecule has 1 aromatic carbocycles. The number of hydrogen-bond acceptors (Lipinski definition) is 3. The minimum Gasteiger partial charge on any atom is -0.494 e. The van der Waals surface area contributed by atoms with E-state index in [1.165, 1.54) is 0 Å². The maximum Gasteiger partial charge on any atom is 0.253 e. The highest BCUT2D eigenvalue weighted by molar-refractivity contribution is 5.94. The summed E-state index contributed by atoms with van der Waals surface area (Å²) in [4.78, 5) is 14.2. The number of nitrogens with two attached hydrogens (primary N) is 1. The average molecular weight is 276 g/mol. The van der Waals surface area contributed by atoms with Gasteiger partial charge in [-0.3, -0.25) is 4.79 Å². The zero-order valence-electron chi connectivity index (χ0n) is 12.3. The van der Waals surface area contributed by atoms with Gasteiger partial charge < -0.3 is 15.4 Å². The van der Waals surface area contributed by atoms with Crippen molar-refractivity contribution in [2.24, 2.45) is 11.7 Å². The molecule has 0 spiro atoms. The molecule has 0 saturated heterocycles. The molecule has 0 atom stereocenters. The number of amides is 1. The Bertz CT molecular complexity index is 456. The Labute approximate surface area is 120 Å². The third kappa shape index (κ3) is 3.73. The highest BCUT2D eigenvalue weighted by atomic mass is 16.5. The number of carbonyl (C=O) groups is 1. The van der Waals surface area contributed by atoms with Gasteiger partial charge in [0.1, 0.15) is 5.75 Å². The fourth-order valence-corrected chi connectivity index (χ4v) is 2.57. The molecule has 1 fully saturated rings. The molecule has 110 valence electrons. The fraction of sp³-hybridized carbons (Fsp3) is 0.562. The Morgan fingerprint density at radius 1 is 1.45 bits per heavy atom. The van der Waals surface area contributed by atoms with Crippen LogP contribution in [0.5, 0.6) is 5.75 Å². The molecule has 0 unspecified atom stereocenters. The zero-order valence-corrected chi connectivity index (χ0v) is 12.3. The molecule has 1 aromatic rings. The van der Waals surface area contributed by atoms with Crippen LogP contribution in [0.2, 0.25) is 0 Å². The molecule has 4 nitrogen and oxygen atoms in total. The highest BCUT2D eigenvalue weighted by Crippen LogP contribution is 2.26. The van der Waals surface area contributed by atoms with E-state index in [1.807, 2.05) is 31.3 Å². The summed E-state index contributed by atoms with van der Waals surface area (Å²) in [6.07, 6.45) is 3.01. The maximum absolute atomic E-state index is 12.4. The van der Waals surface area contributed by atoms with Gasteiger partial charge in [-0.1, -0.05) is 13.0 Å². The van der Waals surface area contributed by atoms with Crippen molar-refractivity contribution in [1.29, 1.82) is 0 Å². The summed E-state index contributed by atoms with van der Waals surface area (Å²) in [7, 11) is 1.85. The monoisotopic (exact) mass is 276 g/mol. The lowest BCUT2D eigenvalue weighted by Gasteiger charge is -2.35. The quantitative estimate of drug-likeness (QED) is 0.867. The van der Waals surface area contributed by atoms with Crippen LogP contribution in [-0.4, -0.2) is 37.0 Å². The number of carbonyl (C=O) groups excluding carboxylic acids is 1. The van der Waals surface area contributed by atoms with E-state index < -0.39 is 0 Å². The van der Waals surface area contributed by atoms with E-state index in [1.54, 1.807) is 4.90 Å². The van der Waals surface area contributed by atoms with Gasteiger partial charge >= 0.3 is 0 Å². The summed E-state index contributed by atoms with van der Waals surface area (Å²) >= 11 is 0.